The number of rotatable bonds is 3. The van der Waals surface area contributed by atoms with Gasteiger partial charge in [0.1, 0.15) is 12.4 Å². The topological polar surface area (TPSA) is 60.2 Å². The maximum absolute atomic E-state index is 5.55. The van der Waals surface area contributed by atoms with E-state index in [2.05, 4.69) is 10.3 Å². The van der Waals surface area contributed by atoms with Gasteiger partial charge in [-0.1, -0.05) is 0 Å². The Hall–Kier alpha value is -1.29. The minimum atomic E-state index is 0.501. The lowest BCUT2D eigenvalue weighted by Crippen LogP contribution is -2.46. The Morgan fingerprint density at radius 2 is 2.46 bits per heavy atom. The van der Waals surface area contributed by atoms with Crippen LogP contribution in [-0.2, 0) is 0 Å². The molecule has 2 heterocycles. The molecule has 0 aromatic carbocycles. The third-order valence-corrected chi connectivity index (χ3v) is 2.11. The highest BCUT2D eigenvalue weighted by atomic mass is 16.5. The zero-order chi connectivity index (χ0) is 9.10. The van der Waals surface area contributed by atoms with Crippen LogP contribution in [0.15, 0.2) is 18.5 Å². The van der Waals surface area contributed by atoms with Crippen LogP contribution in [0.1, 0.15) is 6.42 Å². The molecule has 2 rings (SSSR count). The second-order valence-electron chi connectivity index (χ2n) is 3.20. The van der Waals surface area contributed by atoms with E-state index in [-0.39, 0.29) is 0 Å². The van der Waals surface area contributed by atoms with Crippen molar-refractivity contribution in [3.05, 3.63) is 18.5 Å². The van der Waals surface area contributed by atoms with E-state index in [1.807, 2.05) is 0 Å². The molecule has 1 aromatic heterocycles. The molecule has 0 saturated carbocycles. The van der Waals surface area contributed by atoms with Crippen molar-refractivity contribution in [1.29, 1.82) is 0 Å². The minimum absolute atomic E-state index is 0.501. The van der Waals surface area contributed by atoms with E-state index >= 15 is 0 Å². The van der Waals surface area contributed by atoms with Crippen molar-refractivity contribution in [3.8, 4) is 5.75 Å². The van der Waals surface area contributed by atoms with E-state index in [1.165, 1.54) is 6.42 Å². The zero-order valence-corrected chi connectivity index (χ0v) is 7.36. The van der Waals surface area contributed by atoms with Crippen LogP contribution in [0.3, 0.4) is 0 Å². The SMILES string of the molecule is Nc1cncc(OC[C@H]2CCN2)c1. The molecular weight excluding hydrogens is 166 g/mol. The summed E-state index contributed by atoms with van der Waals surface area (Å²) >= 11 is 0. The predicted octanol–water partition coefficient (Wildman–Crippen LogP) is 0.404. The fourth-order valence-electron chi connectivity index (χ4n) is 1.20. The fraction of sp³-hybridized carbons (Fsp3) is 0.444. The van der Waals surface area contributed by atoms with Gasteiger partial charge in [-0.3, -0.25) is 4.98 Å². The molecule has 1 aliphatic rings. The van der Waals surface area contributed by atoms with Crippen molar-refractivity contribution in [2.45, 2.75) is 12.5 Å². The number of nitrogens with two attached hydrogens (primary N) is 1. The van der Waals surface area contributed by atoms with Crippen molar-refractivity contribution in [3.63, 3.8) is 0 Å². The van der Waals surface area contributed by atoms with Crippen LogP contribution in [0, 0.1) is 0 Å². The van der Waals surface area contributed by atoms with Crippen LogP contribution in [0.5, 0.6) is 5.75 Å². The highest BCUT2D eigenvalue weighted by Crippen LogP contribution is 2.13. The van der Waals surface area contributed by atoms with Gasteiger partial charge in [0, 0.05) is 12.1 Å². The van der Waals surface area contributed by atoms with E-state index in [4.69, 9.17) is 10.5 Å². The first-order valence-electron chi connectivity index (χ1n) is 4.41. The van der Waals surface area contributed by atoms with Crippen LogP contribution in [-0.4, -0.2) is 24.2 Å². The maximum atomic E-state index is 5.55. The summed E-state index contributed by atoms with van der Waals surface area (Å²) in [5.74, 6) is 0.744. The van der Waals surface area contributed by atoms with Gasteiger partial charge in [0.05, 0.1) is 18.1 Å². The summed E-state index contributed by atoms with van der Waals surface area (Å²) in [6.07, 6.45) is 4.47. The van der Waals surface area contributed by atoms with E-state index in [0.717, 1.165) is 12.3 Å². The molecule has 0 amide bonds. The molecule has 0 aliphatic carbocycles. The van der Waals surface area contributed by atoms with Crippen molar-refractivity contribution < 1.29 is 4.74 Å². The van der Waals surface area contributed by atoms with Crippen molar-refractivity contribution in [2.75, 3.05) is 18.9 Å². The third kappa shape index (κ3) is 2.09. The second-order valence-corrected chi connectivity index (χ2v) is 3.20. The standard InChI is InChI=1S/C9H13N3O/c10-7-3-9(5-11-4-7)13-6-8-1-2-12-8/h3-5,8,12H,1-2,6,10H2/t8-/m1/s1. The van der Waals surface area contributed by atoms with E-state index in [9.17, 15) is 0 Å². The smallest absolute Gasteiger partial charge is 0.139 e. The van der Waals surface area contributed by atoms with Crippen LogP contribution in [0.4, 0.5) is 5.69 Å². The molecule has 1 aromatic rings. The molecule has 0 unspecified atom stereocenters. The largest absolute Gasteiger partial charge is 0.490 e. The summed E-state index contributed by atoms with van der Waals surface area (Å²) in [5.41, 5.74) is 6.19. The molecule has 0 spiro atoms. The molecule has 0 bridgehead atoms. The summed E-state index contributed by atoms with van der Waals surface area (Å²) in [5, 5.41) is 3.25. The Kier molecular flexibility index (Phi) is 2.31. The van der Waals surface area contributed by atoms with Gasteiger partial charge < -0.3 is 15.8 Å². The van der Waals surface area contributed by atoms with Gasteiger partial charge in [-0.25, -0.2) is 0 Å². The summed E-state index contributed by atoms with van der Waals surface area (Å²) in [6, 6.07) is 2.28. The Bertz CT molecular complexity index is 286. The van der Waals surface area contributed by atoms with Gasteiger partial charge in [-0.2, -0.15) is 0 Å². The summed E-state index contributed by atoms with van der Waals surface area (Å²) in [4.78, 5) is 3.94. The number of nitrogens with zero attached hydrogens (tertiary/aromatic N) is 1. The van der Waals surface area contributed by atoms with Crippen LogP contribution < -0.4 is 15.8 Å². The van der Waals surface area contributed by atoms with Gasteiger partial charge in [-0.15, -0.1) is 0 Å². The summed E-state index contributed by atoms with van der Waals surface area (Å²) in [7, 11) is 0. The Morgan fingerprint density at radius 1 is 1.62 bits per heavy atom. The first-order valence-corrected chi connectivity index (χ1v) is 4.41. The fourth-order valence-corrected chi connectivity index (χ4v) is 1.20. The molecule has 1 fully saturated rings. The number of nitrogens with one attached hydrogen (secondary N) is 1. The highest BCUT2D eigenvalue weighted by Gasteiger charge is 2.16. The maximum Gasteiger partial charge on any atom is 0.139 e. The second kappa shape index (κ2) is 3.62. The summed E-state index contributed by atoms with van der Waals surface area (Å²) in [6.45, 7) is 1.80. The quantitative estimate of drug-likeness (QED) is 0.705. The van der Waals surface area contributed by atoms with E-state index in [1.54, 1.807) is 18.5 Å². The monoisotopic (exact) mass is 179 g/mol. The average molecular weight is 179 g/mol. The van der Waals surface area contributed by atoms with Gasteiger partial charge in [0.25, 0.3) is 0 Å². The van der Waals surface area contributed by atoms with Gasteiger partial charge in [0.2, 0.25) is 0 Å². The summed E-state index contributed by atoms with van der Waals surface area (Å²) < 4.78 is 5.49. The Labute approximate surface area is 77.1 Å². The van der Waals surface area contributed by atoms with Crippen molar-refractivity contribution in [1.82, 2.24) is 10.3 Å². The third-order valence-electron chi connectivity index (χ3n) is 2.11. The Morgan fingerprint density at radius 3 is 3.08 bits per heavy atom. The molecule has 13 heavy (non-hydrogen) atoms. The average Bonchev–Trinajstić information content (AvgIpc) is 2.01. The lowest BCUT2D eigenvalue weighted by atomic mass is 10.1. The van der Waals surface area contributed by atoms with Crippen molar-refractivity contribution in [2.24, 2.45) is 0 Å². The normalized spacial score (nSPS) is 20.8. The molecule has 1 aliphatic heterocycles. The van der Waals surface area contributed by atoms with E-state index < -0.39 is 0 Å². The number of hydrogen-bond acceptors (Lipinski definition) is 4. The zero-order valence-electron chi connectivity index (χ0n) is 7.36. The lowest BCUT2D eigenvalue weighted by Gasteiger charge is -2.27. The number of nitrogen functional groups attached to an aromatic ring is 1. The number of hydrogen-bond donors (Lipinski definition) is 2. The molecule has 4 heteroatoms. The number of aromatic nitrogens is 1. The van der Waals surface area contributed by atoms with Crippen molar-refractivity contribution >= 4 is 5.69 Å². The molecule has 0 radical (unpaired) electrons. The minimum Gasteiger partial charge on any atom is -0.490 e. The van der Waals surface area contributed by atoms with Crippen LogP contribution in [0.2, 0.25) is 0 Å². The van der Waals surface area contributed by atoms with Gasteiger partial charge in [-0.05, 0) is 13.0 Å². The molecule has 4 nitrogen and oxygen atoms in total. The van der Waals surface area contributed by atoms with Gasteiger partial charge in [0.15, 0.2) is 0 Å². The molecule has 70 valence electrons. The molecule has 1 atom stereocenters. The first kappa shape index (κ1) is 8.31. The Balaban J connectivity index is 1.86. The molecular formula is C9H13N3O. The van der Waals surface area contributed by atoms with Crippen LogP contribution in [0.25, 0.3) is 0 Å². The lowest BCUT2D eigenvalue weighted by molar-refractivity contribution is 0.217. The molecule has 1 saturated heterocycles. The van der Waals surface area contributed by atoms with E-state index in [0.29, 0.717) is 18.3 Å². The number of ether oxygens (including phenoxy) is 1. The predicted molar refractivity (Wildman–Crippen MR) is 50.6 cm³/mol. The first-order chi connectivity index (χ1) is 6.34. The number of pyridine rings is 1. The van der Waals surface area contributed by atoms with Gasteiger partial charge >= 0.3 is 0 Å². The number of anilines is 1. The molecule has 3 N–H and O–H groups in total. The highest BCUT2D eigenvalue weighted by molar-refractivity contribution is 5.39. The van der Waals surface area contributed by atoms with Crippen LogP contribution >= 0.6 is 0 Å².